The highest BCUT2D eigenvalue weighted by atomic mass is 19.2. The highest BCUT2D eigenvalue weighted by Crippen LogP contribution is 2.18. The minimum Gasteiger partial charge on any atom is -0.333 e. The molecule has 2 atom stereocenters. The van der Waals surface area contributed by atoms with Crippen LogP contribution in [0.4, 0.5) is 17.6 Å². The monoisotopic (exact) mass is 400 g/mol. The van der Waals surface area contributed by atoms with Crippen LogP contribution < -0.4 is 5.73 Å². The maximum absolute atomic E-state index is 13.7. The molecular weight excluding hydrogens is 376 g/mol. The number of rotatable bonds is 6. The van der Waals surface area contributed by atoms with Crippen LogP contribution in [0.2, 0.25) is 0 Å². The van der Waals surface area contributed by atoms with Crippen molar-refractivity contribution in [2.24, 2.45) is 10.7 Å². The van der Waals surface area contributed by atoms with Crippen molar-refractivity contribution < 1.29 is 22.4 Å². The zero-order valence-electron chi connectivity index (χ0n) is 15.9. The quantitative estimate of drug-likeness (QED) is 0.589. The van der Waals surface area contributed by atoms with Gasteiger partial charge in [-0.1, -0.05) is 6.58 Å². The third-order valence-corrected chi connectivity index (χ3v) is 4.66. The number of carbonyl (C=O) groups excluding carboxylic acids is 1. The number of carbonyl (C=O) groups is 1. The number of aliphatic imine (C=N–C) groups is 1. The van der Waals surface area contributed by atoms with Gasteiger partial charge in [-0.3, -0.25) is 9.79 Å². The summed E-state index contributed by atoms with van der Waals surface area (Å²) in [5.41, 5.74) is 6.10. The number of hydrogen-bond donors (Lipinski definition) is 1. The number of piperazine rings is 1. The number of nitrogens with zero attached hydrogens (tertiary/aromatic N) is 3. The Morgan fingerprint density at radius 3 is 2.50 bits per heavy atom. The van der Waals surface area contributed by atoms with Crippen molar-refractivity contribution in [1.29, 1.82) is 0 Å². The van der Waals surface area contributed by atoms with Gasteiger partial charge in [0.05, 0.1) is 6.54 Å². The average molecular weight is 400 g/mol. The Balaban J connectivity index is 1.98. The van der Waals surface area contributed by atoms with Gasteiger partial charge in [0.25, 0.3) is 0 Å². The Hall–Kier alpha value is -2.42. The molecule has 0 radical (unpaired) electrons. The molecule has 1 aliphatic heterocycles. The van der Waals surface area contributed by atoms with E-state index in [9.17, 15) is 22.4 Å². The largest absolute Gasteiger partial charge is 0.333 e. The van der Waals surface area contributed by atoms with Crippen molar-refractivity contribution in [3.05, 3.63) is 47.4 Å². The molecule has 0 aromatic heterocycles. The van der Waals surface area contributed by atoms with Crippen molar-refractivity contribution in [3.8, 4) is 0 Å². The van der Waals surface area contributed by atoms with Gasteiger partial charge >= 0.3 is 0 Å². The Labute approximate surface area is 161 Å². The summed E-state index contributed by atoms with van der Waals surface area (Å²) >= 11 is 0. The molecular formula is C19H24F4N4O. The van der Waals surface area contributed by atoms with Crippen LogP contribution in [0, 0.1) is 17.5 Å². The number of amides is 1. The molecule has 9 heteroatoms. The van der Waals surface area contributed by atoms with Crippen LogP contribution in [0.3, 0.4) is 0 Å². The van der Waals surface area contributed by atoms with Crippen LogP contribution in [-0.2, 0) is 11.2 Å². The number of allylic oxidation sites excluding steroid dienone is 1. The van der Waals surface area contributed by atoms with E-state index in [1.54, 1.807) is 11.9 Å². The lowest BCUT2D eigenvalue weighted by Gasteiger charge is -2.38. The smallest absolute Gasteiger partial charge is 0.224 e. The molecule has 1 amide bonds. The first-order valence-electron chi connectivity index (χ1n) is 8.86. The molecule has 28 heavy (non-hydrogen) atoms. The zero-order chi connectivity index (χ0) is 21.0. The molecule has 1 aromatic rings. The molecule has 154 valence electrons. The maximum atomic E-state index is 13.7. The summed E-state index contributed by atoms with van der Waals surface area (Å²) in [7, 11) is 1.55. The lowest BCUT2D eigenvalue weighted by molar-refractivity contribution is -0.131. The number of amidine groups is 1. The van der Waals surface area contributed by atoms with Gasteiger partial charge in [0, 0.05) is 44.4 Å². The highest BCUT2D eigenvalue weighted by molar-refractivity contribution is 5.90. The summed E-state index contributed by atoms with van der Waals surface area (Å²) in [5, 5.41) is 0. The van der Waals surface area contributed by atoms with Crippen LogP contribution >= 0.6 is 0 Å². The maximum Gasteiger partial charge on any atom is 0.224 e. The Morgan fingerprint density at radius 2 is 1.89 bits per heavy atom. The molecule has 0 aliphatic carbocycles. The SMILES string of the molecule is C=C(C(C)F)N1CCN(C(=O)C[C@H](N)Cc2cc(F)c(F)cc2F)CC1=NC. The molecule has 0 bridgehead atoms. The van der Waals surface area contributed by atoms with E-state index in [1.165, 1.54) is 11.8 Å². The minimum absolute atomic E-state index is 0.0898. The third-order valence-electron chi connectivity index (χ3n) is 4.66. The molecule has 2 rings (SSSR count). The Kier molecular flexibility index (Phi) is 7.17. The van der Waals surface area contributed by atoms with Crippen LogP contribution in [0.25, 0.3) is 0 Å². The summed E-state index contributed by atoms with van der Waals surface area (Å²) in [5.74, 6) is -3.13. The summed E-state index contributed by atoms with van der Waals surface area (Å²) in [4.78, 5) is 19.8. The molecule has 1 aromatic carbocycles. The fraction of sp³-hybridized carbons (Fsp3) is 0.474. The van der Waals surface area contributed by atoms with Gasteiger partial charge in [-0.25, -0.2) is 17.6 Å². The first-order chi connectivity index (χ1) is 13.1. The van der Waals surface area contributed by atoms with E-state index in [-0.39, 0.29) is 36.6 Å². The zero-order valence-corrected chi connectivity index (χ0v) is 15.9. The van der Waals surface area contributed by atoms with Gasteiger partial charge in [0.1, 0.15) is 17.8 Å². The summed E-state index contributed by atoms with van der Waals surface area (Å²) in [6.45, 7) is 5.94. The van der Waals surface area contributed by atoms with E-state index >= 15 is 0 Å². The van der Waals surface area contributed by atoms with Gasteiger partial charge in [0.15, 0.2) is 11.6 Å². The highest BCUT2D eigenvalue weighted by Gasteiger charge is 2.29. The minimum atomic E-state index is -1.28. The number of nitrogens with two attached hydrogens (primary N) is 1. The molecule has 0 spiro atoms. The van der Waals surface area contributed by atoms with Crippen molar-refractivity contribution in [1.82, 2.24) is 9.80 Å². The van der Waals surface area contributed by atoms with E-state index in [0.29, 0.717) is 25.0 Å². The molecule has 1 fully saturated rings. The van der Waals surface area contributed by atoms with Crippen LogP contribution in [-0.4, -0.2) is 60.4 Å². The number of halogens is 4. The molecule has 1 saturated heterocycles. The van der Waals surface area contributed by atoms with Crippen LogP contribution in [0.1, 0.15) is 18.9 Å². The molecule has 1 unspecified atom stereocenters. The van der Waals surface area contributed by atoms with Crippen molar-refractivity contribution >= 4 is 11.7 Å². The number of benzene rings is 1. The second-order valence-corrected chi connectivity index (χ2v) is 6.74. The Bertz CT molecular complexity index is 781. The molecule has 0 saturated carbocycles. The number of hydrogen-bond acceptors (Lipinski definition) is 3. The molecule has 2 N–H and O–H groups in total. The fourth-order valence-electron chi connectivity index (χ4n) is 3.04. The van der Waals surface area contributed by atoms with E-state index in [1.807, 2.05) is 0 Å². The van der Waals surface area contributed by atoms with E-state index in [2.05, 4.69) is 11.6 Å². The Morgan fingerprint density at radius 1 is 1.25 bits per heavy atom. The average Bonchev–Trinajstić information content (AvgIpc) is 2.64. The molecule has 1 aliphatic rings. The normalized spacial score (nSPS) is 18.3. The lowest BCUT2D eigenvalue weighted by atomic mass is 10.0. The topological polar surface area (TPSA) is 61.9 Å². The standard InChI is InChI=1S/C19H24F4N4O/c1-11(20)12(2)27-5-4-26(10-18(27)25-3)19(28)8-14(24)6-13-7-16(22)17(23)9-15(13)21/h7,9,11,14H,2,4-6,8,10,24H2,1,3H3/t11?,14-/m1/s1. The van der Waals surface area contributed by atoms with Gasteiger partial charge in [-0.05, 0) is 25.0 Å². The second kappa shape index (κ2) is 9.18. The summed E-state index contributed by atoms with van der Waals surface area (Å²) in [6.07, 6.45) is -1.45. The first-order valence-corrected chi connectivity index (χ1v) is 8.86. The van der Waals surface area contributed by atoms with Crippen molar-refractivity contribution in [2.75, 3.05) is 26.7 Å². The van der Waals surface area contributed by atoms with Crippen LogP contribution in [0.5, 0.6) is 0 Å². The second-order valence-electron chi connectivity index (χ2n) is 6.74. The molecule has 5 nitrogen and oxygen atoms in total. The van der Waals surface area contributed by atoms with Gasteiger partial charge in [0.2, 0.25) is 5.91 Å². The summed E-state index contributed by atoms with van der Waals surface area (Å²) < 4.78 is 53.6. The van der Waals surface area contributed by atoms with Crippen LogP contribution in [0.15, 0.2) is 29.4 Å². The van der Waals surface area contributed by atoms with Gasteiger partial charge in [-0.15, -0.1) is 0 Å². The van der Waals surface area contributed by atoms with E-state index in [0.717, 1.165) is 6.07 Å². The van der Waals surface area contributed by atoms with Crippen molar-refractivity contribution in [2.45, 2.75) is 32.0 Å². The predicted octanol–water partition coefficient (Wildman–Crippen LogP) is 2.41. The predicted molar refractivity (Wildman–Crippen MR) is 99.0 cm³/mol. The first kappa shape index (κ1) is 21.9. The number of alkyl halides is 1. The fourth-order valence-corrected chi connectivity index (χ4v) is 3.04. The lowest BCUT2D eigenvalue weighted by Crippen LogP contribution is -2.53. The van der Waals surface area contributed by atoms with Crippen molar-refractivity contribution in [3.63, 3.8) is 0 Å². The third kappa shape index (κ3) is 5.09. The summed E-state index contributed by atoms with van der Waals surface area (Å²) in [6, 6.07) is 0.438. The van der Waals surface area contributed by atoms with E-state index < -0.39 is 29.7 Å². The van der Waals surface area contributed by atoms with Gasteiger partial charge in [-0.2, -0.15) is 0 Å². The van der Waals surface area contributed by atoms with Gasteiger partial charge < -0.3 is 15.5 Å². The van der Waals surface area contributed by atoms with E-state index in [4.69, 9.17) is 5.73 Å². The molecule has 1 heterocycles.